The van der Waals surface area contributed by atoms with Crippen molar-refractivity contribution in [3.63, 3.8) is 0 Å². The highest BCUT2D eigenvalue weighted by molar-refractivity contribution is 7.99. The van der Waals surface area contributed by atoms with E-state index in [9.17, 15) is 4.79 Å². The van der Waals surface area contributed by atoms with Crippen LogP contribution in [0.1, 0.15) is 29.7 Å². The monoisotopic (exact) mass is 367 g/mol. The molecule has 0 N–H and O–H groups in total. The molecule has 3 aromatic rings. The molecule has 1 aliphatic rings. The molecule has 0 saturated heterocycles. The number of amides is 1. The molecular weight excluding hydrogens is 350 g/mol. The predicted octanol–water partition coefficient (Wildman–Crippen LogP) is 4.05. The summed E-state index contributed by atoms with van der Waals surface area (Å²) in [5.74, 6) is 2.37. The van der Waals surface area contributed by atoms with Crippen molar-refractivity contribution in [3.05, 3.63) is 72.2 Å². The molecule has 4 heterocycles. The molecule has 0 fully saturated rings. The SMILES string of the molecule is Cc1ccc(C2=NN(C(=O)CSc3ccccn3)[C@H](c3ccco3)C2)o1. The molecule has 0 aliphatic carbocycles. The number of carbonyl (C=O) groups excluding carboxylic acids is 1. The van der Waals surface area contributed by atoms with Gasteiger partial charge in [-0.3, -0.25) is 4.79 Å². The Balaban J connectivity index is 1.55. The minimum Gasteiger partial charge on any atom is -0.467 e. The van der Waals surface area contributed by atoms with Crippen molar-refractivity contribution in [2.45, 2.75) is 24.4 Å². The van der Waals surface area contributed by atoms with Crippen LogP contribution in [0.15, 0.2) is 73.9 Å². The van der Waals surface area contributed by atoms with Gasteiger partial charge in [-0.1, -0.05) is 17.8 Å². The first-order valence-electron chi connectivity index (χ1n) is 8.24. The zero-order valence-corrected chi connectivity index (χ0v) is 15.0. The third-order valence-electron chi connectivity index (χ3n) is 4.04. The van der Waals surface area contributed by atoms with Gasteiger partial charge in [0.1, 0.15) is 29.0 Å². The molecule has 0 bridgehead atoms. The van der Waals surface area contributed by atoms with E-state index in [-0.39, 0.29) is 17.7 Å². The van der Waals surface area contributed by atoms with Crippen LogP contribution in [0, 0.1) is 6.92 Å². The average molecular weight is 367 g/mol. The van der Waals surface area contributed by atoms with Gasteiger partial charge in [0.25, 0.3) is 5.91 Å². The second-order valence-electron chi connectivity index (χ2n) is 5.89. The Kier molecular flexibility index (Phi) is 4.62. The maximum atomic E-state index is 12.8. The highest BCUT2D eigenvalue weighted by Gasteiger charge is 2.35. The topological polar surface area (TPSA) is 71.8 Å². The zero-order valence-electron chi connectivity index (χ0n) is 14.2. The highest BCUT2D eigenvalue weighted by Crippen LogP contribution is 2.34. The quantitative estimate of drug-likeness (QED) is 0.636. The van der Waals surface area contributed by atoms with Crippen molar-refractivity contribution in [3.8, 4) is 0 Å². The number of hydrogen-bond acceptors (Lipinski definition) is 6. The van der Waals surface area contributed by atoms with Crippen LogP contribution in [0.5, 0.6) is 0 Å². The molecule has 0 unspecified atom stereocenters. The van der Waals surface area contributed by atoms with E-state index in [4.69, 9.17) is 8.83 Å². The van der Waals surface area contributed by atoms with Crippen molar-refractivity contribution in [2.75, 3.05) is 5.75 Å². The molecule has 0 spiro atoms. The summed E-state index contributed by atoms with van der Waals surface area (Å²) in [4.78, 5) is 17.0. The molecule has 0 radical (unpaired) electrons. The third kappa shape index (κ3) is 3.43. The van der Waals surface area contributed by atoms with Crippen molar-refractivity contribution < 1.29 is 13.6 Å². The van der Waals surface area contributed by atoms with Gasteiger partial charge in [-0.2, -0.15) is 5.10 Å². The lowest BCUT2D eigenvalue weighted by molar-refractivity contribution is -0.130. The summed E-state index contributed by atoms with van der Waals surface area (Å²) in [5, 5.41) is 6.84. The molecule has 0 saturated carbocycles. The van der Waals surface area contributed by atoms with Gasteiger partial charge < -0.3 is 8.83 Å². The third-order valence-corrected chi connectivity index (χ3v) is 4.97. The van der Waals surface area contributed by atoms with E-state index >= 15 is 0 Å². The van der Waals surface area contributed by atoms with Gasteiger partial charge in [0.15, 0.2) is 0 Å². The number of carbonyl (C=O) groups is 1. The van der Waals surface area contributed by atoms with Gasteiger partial charge in [-0.05, 0) is 43.3 Å². The average Bonchev–Trinajstić information content (AvgIpc) is 3.40. The summed E-state index contributed by atoms with van der Waals surface area (Å²) in [6.07, 6.45) is 3.87. The van der Waals surface area contributed by atoms with Crippen LogP contribution < -0.4 is 0 Å². The Morgan fingerprint density at radius 3 is 2.88 bits per heavy atom. The fourth-order valence-corrected chi connectivity index (χ4v) is 3.53. The smallest absolute Gasteiger partial charge is 0.253 e. The first kappa shape index (κ1) is 16.7. The van der Waals surface area contributed by atoms with E-state index in [1.54, 1.807) is 12.5 Å². The van der Waals surface area contributed by atoms with Crippen LogP contribution in [0.25, 0.3) is 0 Å². The normalized spacial score (nSPS) is 16.7. The van der Waals surface area contributed by atoms with Crippen molar-refractivity contribution >= 4 is 23.4 Å². The minimum absolute atomic E-state index is 0.0969. The molecule has 3 aromatic heterocycles. The number of aryl methyl sites for hydroxylation is 1. The fourth-order valence-electron chi connectivity index (χ4n) is 2.82. The number of hydrazone groups is 1. The lowest BCUT2D eigenvalue weighted by Gasteiger charge is -2.19. The number of thioether (sulfide) groups is 1. The van der Waals surface area contributed by atoms with Gasteiger partial charge in [0.05, 0.1) is 17.0 Å². The Morgan fingerprint density at radius 2 is 2.19 bits per heavy atom. The Labute approximate surface area is 154 Å². The summed E-state index contributed by atoms with van der Waals surface area (Å²) < 4.78 is 11.2. The number of rotatable bonds is 5. The predicted molar refractivity (Wildman–Crippen MR) is 97.9 cm³/mol. The molecule has 4 rings (SSSR count). The van der Waals surface area contributed by atoms with E-state index in [0.29, 0.717) is 17.9 Å². The summed E-state index contributed by atoms with van der Waals surface area (Å²) in [5.41, 5.74) is 0.746. The van der Waals surface area contributed by atoms with Gasteiger partial charge in [0, 0.05) is 12.6 Å². The first-order valence-corrected chi connectivity index (χ1v) is 9.23. The summed E-state index contributed by atoms with van der Waals surface area (Å²) in [6, 6.07) is 12.8. The molecule has 132 valence electrons. The zero-order chi connectivity index (χ0) is 17.9. The molecule has 0 aromatic carbocycles. The van der Waals surface area contributed by atoms with E-state index in [0.717, 1.165) is 16.5 Å². The Morgan fingerprint density at radius 1 is 1.27 bits per heavy atom. The molecule has 1 amide bonds. The molecule has 1 aliphatic heterocycles. The Hall–Kier alpha value is -2.80. The van der Waals surface area contributed by atoms with E-state index < -0.39 is 0 Å². The minimum atomic E-state index is -0.262. The van der Waals surface area contributed by atoms with Crippen LogP contribution in [-0.2, 0) is 4.79 Å². The number of nitrogens with zero attached hydrogens (tertiary/aromatic N) is 3. The van der Waals surface area contributed by atoms with E-state index in [1.165, 1.54) is 16.8 Å². The van der Waals surface area contributed by atoms with E-state index in [1.807, 2.05) is 49.4 Å². The van der Waals surface area contributed by atoms with Crippen LogP contribution in [0.4, 0.5) is 0 Å². The van der Waals surface area contributed by atoms with Crippen LogP contribution >= 0.6 is 11.8 Å². The first-order chi connectivity index (χ1) is 12.7. The van der Waals surface area contributed by atoms with Gasteiger partial charge in [-0.15, -0.1) is 0 Å². The molecule has 7 heteroatoms. The summed E-state index contributed by atoms with van der Waals surface area (Å²) in [6.45, 7) is 1.88. The lowest BCUT2D eigenvalue weighted by atomic mass is 10.1. The van der Waals surface area contributed by atoms with Crippen molar-refractivity contribution in [1.29, 1.82) is 0 Å². The summed E-state index contributed by atoms with van der Waals surface area (Å²) >= 11 is 1.39. The number of furan rings is 2. The van der Waals surface area contributed by atoms with Gasteiger partial charge >= 0.3 is 0 Å². The molecule has 6 nitrogen and oxygen atoms in total. The van der Waals surface area contributed by atoms with Gasteiger partial charge in [0.2, 0.25) is 0 Å². The van der Waals surface area contributed by atoms with Crippen molar-refractivity contribution in [1.82, 2.24) is 9.99 Å². The molecule has 26 heavy (non-hydrogen) atoms. The number of hydrogen-bond donors (Lipinski definition) is 0. The lowest BCUT2D eigenvalue weighted by Crippen LogP contribution is -2.28. The number of pyridine rings is 1. The molecule has 1 atom stereocenters. The standard InChI is InChI=1S/C19H17N3O3S/c1-13-7-8-16(25-13)14-11-15(17-5-4-10-24-17)22(21-14)19(23)12-26-18-6-2-3-9-20-18/h2-10,15H,11-12H2,1H3/t15-/m0/s1. The van der Waals surface area contributed by atoms with E-state index in [2.05, 4.69) is 10.1 Å². The second-order valence-corrected chi connectivity index (χ2v) is 6.88. The van der Waals surface area contributed by atoms with Crippen LogP contribution in [-0.4, -0.2) is 27.4 Å². The van der Waals surface area contributed by atoms with Gasteiger partial charge in [-0.25, -0.2) is 9.99 Å². The largest absolute Gasteiger partial charge is 0.467 e. The highest BCUT2D eigenvalue weighted by atomic mass is 32.2. The Bertz CT molecular complexity index is 919. The van der Waals surface area contributed by atoms with Crippen molar-refractivity contribution in [2.24, 2.45) is 5.10 Å². The summed E-state index contributed by atoms with van der Waals surface area (Å²) in [7, 11) is 0. The fraction of sp³-hybridized carbons (Fsp3) is 0.211. The molecular formula is C19H17N3O3S. The van der Waals surface area contributed by atoms with Crippen LogP contribution in [0.2, 0.25) is 0 Å². The second kappa shape index (κ2) is 7.21. The van der Waals surface area contributed by atoms with Crippen LogP contribution in [0.3, 0.4) is 0 Å². The number of aromatic nitrogens is 1. The maximum absolute atomic E-state index is 12.8. The maximum Gasteiger partial charge on any atom is 0.253 e.